The van der Waals surface area contributed by atoms with Crippen molar-refractivity contribution in [2.75, 3.05) is 64.4 Å². The second-order valence-electron chi connectivity index (χ2n) is 9.37. The predicted molar refractivity (Wildman–Crippen MR) is 135 cm³/mol. The fourth-order valence-corrected chi connectivity index (χ4v) is 6.18. The van der Waals surface area contributed by atoms with Crippen molar-refractivity contribution in [1.82, 2.24) is 20.0 Å². The molecule has 2 fully saturated rings. The highest BCUT2D eigenvalue weighted by atomic mass is 32.2. The van der Waals surface area contributed by atoms with Gasteiger partial charge < -0.3 is 10.2 Å². The van der Waals surface area contributed by atoms with Crippen LogP contribution in [0.15, 0.2) is 60.7 Å². The summed E-state index contributed by atoms with van der Waals surface area (Å²) in [5, 5.41) is 3.14. The summed E-state index contributed by atoms with van der Waals surface area (Å²) in [6, 6.07) is 20.2. The number of hydrogen-bond acceptors (Lipinski definition) is 6. The molecule has 7 nitrogen and oxygen atoms in total. The van der Waals surface area contributed by atoms with Gasteiger partial charge in [-0.15, -0.1) is 0 Å². The Bertz CT molecular complexity index is 1020. The van der Waals surface area contributed by atoms with Gasteiger partial charge in [-0.05, 0) is 24.6 Å². The Balaban J connectivity index is 1.34. The minimum Gasteiger partial charge on any atom is -0.354 e. The van der Waals surface area contributed by atoms with Gasteiger partial charge in [0.05, 0.1) is 11.5 Å². The lowest BCUT2D eigenvalue weighted by Gasteiger charge is -2.40. The van der Waals surface area contributed by atoms with Gasteiger partial charge in [0.2, 0.25) is 5.91 Å². The SMILES string of the molecule is CN1CCN(CCCNC(=O)C(c2ccccc2)N2CCS(=O)(=O)CC2)C(c2ccccc2)C1. The molecule has 4 rings (SSSR count). The molecule has 0 spiro atoms. The maximum atomic E-state index is 13.3. The van der Waals surface area contributed by atoms with Crippen molar-refractivity contribution in [1.29, 1.82) is 0 Å². The summed E-state index contributed by atoms with van der Waals surface area (Å²) in [4.78, 5) is 20.2. The van der Waals surface area contributed by atoms with Crippen molar-refractivity contribution < 1.29 is 13.2 Å². The number of carbonyl (C=O) groups is 1. The fourth-order valence-electron chi connectivity index (χ4n) is 4.95. The van der Waals surface area contributed by atoms with Gasteiger partial charge in [0.15, 0.2) is 9.84 Å². The molecule has 0 bridgehead atoms. The first-order chi connectivity index (χ1) is 16.4. The molecule has 2 aromatic rings. The van der Waals surface area contributed by atoms with Gasteiger partial charge in [0.25, 0.3) is 0 Å². The summed E-state index contributed by atoms with van der Waals surface area (Å²) in [5.74, 6) is 0.158. The van der Waals surface area contributed by atoms with Crippen LogP contribution in [0.2, 0.25) is 0 Å². The van der Waals surface area contributed by atoms with Crippen LogP contribution in [0.1, 0.15) is 29.6 Å². The molecule has 2 heterocycles. The van der Waals surface area contributed by atoms with E-state index in [1.54, 1.807) is 0 Å². The van der Waals surface area contributed by atoms with E-state index < -0.39 is 15.9 Å². The average Bonchev–Trinajstić information content (AvgIpc) is 2.85. The monoisotopic (exact) mass is 484 g/mol. The Morgan fingerprint density at radius 3 is 2.29 bits per heavy atom. The molecule has 0 aromatic heterocycles. The molecular weight excluding hydrogens is 448 g/mol. The van der Waals surface area contributed by atoms with Crippen LogP contribution in [0.25, 0.3) is 0 Å². The van der Waals surface area contributed by atoms with Gasteiger partial charge in [-0.1, -0.05) is 60.7 Å². The molecule has 184 valence electrons. The van der Waals surface area contributed by atoms with Crippen molar-refractivity contribution >= 4 is 15.7 Å². The Kier molecular flexibility index (Phi) is 8.37. The van der Waals surface area contributed by atoms with E-state index in [4.69, 9.17) is 0 Å². The largest absolute Gasteiger partial charge is 0.354 e. The maximum Gasteiger partial charge on any atom is 0.241 e. The van der Waals surface area contributed by atoms with Crippen LogP contribution in [0.5, 0.6) is 0 Å². The van der Waals surface area contributed by atoms with E-state index in [0.29, 0.717) is 25.7 Å². The van der Waals surface area contributed by atoms with Crippen molar-refractivity contribution in [3.05, 3.63) is 71.8 Å². The van der Waals surface area contributed by atoms with Crippen LogP contribution in [-0.4, -0.2) is 93.4 Å². The third-order valence-corrected chi connectivity index (χ3v) is 8.52. The number of amides is 1. The van der Waals surface area contributed by atoms with E-state index in [0.717, 1.165) is 38.2 Å². The molecule has 34 heavy (non-hydrogen) atoms. The Morgan fingerprint density at radius 2 is 1.62 bits per heavy atom. The molecule has 8 heteroatoms. The zero-order valence-corrected chi connectivity index (χ0v) is 20.8. The van der Waals surface area contributed by atoms with E-state index in [1.165, 1.54) is 5.56 Å². The third-order valence-electron chi connectivity index (χ3n) is 6.91. The van der Waals surface area contributed by atoms with Gasteiger partial charge in [-0.25, -0.2) is 8.42 Å². The van der Waals surface area contributed by atoms with Crippen LogP contribution in [0, 0.1) is 0 Å². The highest BCUT2D eigenvalue weighted by Crippen LogP contribution is 2.25. The van der Waals surface area contributed by atoms with E-state index in [1.807, 2.05) is 35.2 Å². The fraction of sp³-hybridized carbons (Fsp3) is 0.500. The van der Waals surface area contributed by atoms with Crippen LogP contribution in [-0.2, 0) is 14.6 Å². The van der Waals surface area contributed by atoms with Crippen molar-refractivity contribution in [2.24, 2.45) is 0 Å². The van der Waals surface area contributed by atoms with Crippen molar-refractivity contribution in [2.45, 2.75) is 18.5 Å². The van der Waals surface area contributed by atoms with Gasteiger partial charge in [-0.3, -0.25) is 14.6 Å². The van der Waals surface area contributed by atoms with Crippen molar-refractivity contribution in [3.8, 4) is 0 Å². The second kappa shape index (κ2) is 11.4. The smallest absolute Gasteiger partial charge is 0.241 e. The summed E-state index contributed by atoms with van der Waals surface area (Å²) < 4.78 is 23.8. The van der Waals surface area contributed by atoms with Gasteiger partial charge >= 0.3 is 0 Å². The highest BCUT2D eigenvalue weighted by molar-refractivity contribution is 7.91. The van der Waals surface area contributed by atoms with Gasteiger partial charge in [-0.2, -0.15) is 0 Å². The standard InChI is InChI=1S/C26H36N4O3S/c1-28-15-16-29(24(21-28)22-9-4-2-5-10-22)14-8-13-27-26(31)25(23-11-6-3-7-12-23)30-17-19-34(32,33)20-18-30/h2-7,9-12,24-25H,8,13-21H2,1H3,(H,27,31). The summed E-state index contributed by atoms with van der Waals surface area (Å²) in [6.07, 6.45) is 0.870. The Labute approximate surface area is 203 Å². The van der Waals surface area contributed by atoms with Crippen LogP contribution in [0.4, 0.5) is 0 Å². The number of likely N-dealkylation sites (N-methyl/N-ethyl adjacent to an activating group) is 1. The zero-order chi connectivity index (χ0) is 24.0. The maximum absolute atomic E-state index is 13.3. The topological polar surface area (TPSA) is 73.0 Å². The number of sulfone groups is 1. The predicted octanol–water partition coefficient (Wildman–Crippen LogP) is 1.95. The van der Waals surface area contributed by atoms with E-state index in [2.05, 4.69) is 52.5 Å². The highest BCUT2D eigenvalue weighted by Gasteiger charge is 2.32. The lowest BCUT2D eigenvalue weighted by atomic mass is 10.0. The summed E-state index contributed by atoms with van der Waals surface area (Å²) in [5.41, 5.74) is 2.24. The molecular formula is C26H36N4O3S. The number of rotatable bonds is 8. The number of hydrogen-bond donors (Lipinski definition) is 1. The number of piperazine rings is 1. The number of nitrogens with one attached hydrogen (secondary N) is 1. The minimum absolute atomic E-state index is 0.0523. The lowest BCUT2D eigenvalue weighted by molar-refractivity contribution is -0.126. The van der Waals surface area contributed by atoms with Crippen LogP contribution < -0.4 is 5.32 Å². The molecule has 0 saturated carbocycles. The lowest BCUT2D eigenvalue weighted by Crippen LogP contribution is -2.48. The normalized spacial score (nSPS) is 22.8. The Hall–Kier alpha value is -2.26. The first-order valence-corrected chi connectivity index (χ1v) is 14.0. The van der Waals surface area contributed by atoms with E-state index >= 15 is 0 Å². The first-order valence-electron chi connectivity index (χ1n) is 12.2. The zero-order valence-electron chi connectivity index (χ0n) is 20.0. The quantitative estimate of drug-likeness (QED) is 0.578. The molecule has 2 aliphatic heterocycles. The molecule has 2 atom stereocenters. The first kappa shape index (κ1) is 24.9. The Morgan fingerprint density at radius 1 is 0.971 bits per heavy atom. The molecule has 2 unspecified atom stereocenters. The second-order valence-corrected chi connectivity index (χ2v) is 11.7. The molecule has 0 aliphatic carbocycles. The van der Waals surface area contributed by atoms with Crippen LogP contribution >= 0.6 is 0 Å². The minimum atomic E-state index is -3.00. The summed E-state index contributed by atoms with van der Waals surface area (Å²) in [6.45, 7) is 5.35. The average molecular weight is 485 g/mol. The number of carbonyl (C=O) groups excluding carboxylic acids is 1. The number of nitrogens with zero attached hydrogens (tertiary/aromatic N) is 3. The third kappa shape index (κ3) is 6.44. The van der Waals surface area contributed by atoms with E-state index in [-0.39, 0.29) is 17.4 Å². The summed E-state index contributed by atoms with van der Waals surface area (Å²) >= 11 is 0. The van der Waals surface area contributed by atoms with Crippen molar-refractivity contribution in [3.63, 3.8) is 0 Å². The van der Waals surface area contributed by atoms with Crippen LogP contribution in [0.3, 0.4) is 0 Å². The molecule has 1 N–H and O–H groups in total. The summed E-state index contributed by atoms with van der Waals surface area (Å²) in [7, 11) is -0.835. The number of benzene rings is 2. The molecule has 0 radical (unpaired) electrons. The van der Waals surface area contributed by atoms with Gasteiger partial charge in [0, 0.05) is 51.9 Å². The molecule has 2 aromatic carbocycles. The molecule has 1 amide bonds. The van der Waals surface area contributed by atoms with E-state index in [9.17, 15) is 13.2 Å². The molecule has 2 aliphatic rings. The molecule has 2 saturated heterocycles. The van der Waals surface area contributed by atoms with Gasteiger partial charge in [0.1, 0.15) is 6.04 Å².